The summed E-state index contributed by atoms with van der Waals surface area (Å²) in [5, 5.41) is 0. The molecule has 2 aromatic rings. The number of pyridine rings is 1. The highest BCUT2D eigenvalue weighted by atomic mass is 16.2. The van der Waals surface area contributed by atoms with E-state index in [4.69, 9.17) is 0 Å². The molecule has 2 saturated heterocycles. The van der Waals surface area contributed by atoms with Crippen molar-refractivity contribution in [1.29, 1.82) is 0 Å². The molecule has 28 heavy (non-hydrogen) atoms. The van der Waals surface area contributed by atoms with Gasteiger partial charge in [0.1, 0.15) is 0 Å². The third-order valence-electron chi connectivity index (χ3n) is 6.33. The summed E-state index contributed by atoms with van der Waals surface area (Å²) in [6, 6.07) is 15.0. The Kier molecular flexibility index (Phi) is 4.07. The van der Waals surface area contributed by atoms with Crippen LogP contribution in [0.2, 0.25) is 0 Å². The van der Waals surface area contributed by atoms with E-state index in [1.807, 2.05) is 51.9 Å². The lowest BCUT2D eigenvalue weighted by molar-refractivity contribution is -0.138. The van der Waals surface area contributed by atoms with Crippen molar-refractivity contribution >= 4 is 17.5 Å². The van der Waals surface area contributed by atoms with Crippen LogP contribution in [0.1, 0.15) is 24.5 Å². The lowest BCUT2D eigenvalue weighted by Crippen LogP contribution is -2.50. The van der Waals surface area contributed by atoms with Gasteiger partial charge >= 0.3 is 0 Å². The molecule has 5 rings (SSSR count). The summed E-state index contributed by atoms with van der Waals surface area (Å²) >= 11 is 0. The van der Waals surface area contributed by atoms with Gasteiger partial charge in [0.15, 0.2) is 0 Å². The first-order valence-electron chi connectivity index (χ1n) is 9.94. The number of carbonyl (C=O) groups is 2. The lowest BCUT2D eigenvalue weighted by atomic mass is 9.82. The van der Waals surface area contributed by atoms with Gasteiger partial charge in [0.25, 0.3) is 5.56 Å². The van der Waals surface area contributed by atoms with Crippen molar-refractivity contribution in [3.63, 3.8) is 0 Å². The Hall–Kier alpha value is -2.89. The van der Waals surface area contributed by atoms with Crippen molar-refractivity contribution in [3.8, 4) is 0 Å². The Balaban J connectivity index is 1.33. The summed E-state index contributed by atoms with van der Waals surface area (Å²) in [6.07, 6.45) is 1.29. The van der Waals surface area contributed by atoms with E-state index in [1.54, 1.807) is 11.0 Å². The molecule has 144 valence electrons. The number of rotatable bonds is 2. The van der Waals surface area contributed by atoms with Crippen molar-refractivity contribution in [2.75, 3.05) is 24.5 Å². The molecule has 3 aliphatic rings. The standard InChI is InChI=1S/C22H23N3O3/c26-20-8-4-7-19-16-9-15(12-25(19)20)11-23(13-16)22(28)17-10-21(27)24(14-17)18-5-2-1-3-6-18/h1-8,15-17H,9-14H2. The van der Waals surface area contributed by atoms with Crippen LogP contribution in [0.3, 0.4) is 0 Å². The number of hydrogen-bond donors (Lipinski definition) is 0. The van der Waals surface area contributed by atoms with Gasteiger partial charge in [-0.2, -0.15) is 0 Å². The maximum Gasteiger partial charge on any atom is 0.250 e. The number of benzene rings is 1. The fourth-order valence-electron chi connectivity index (χ4n) is 5.07. The molecule has 0 saturated carbocycles. The Bertz CT molecular complexity index is 984. The van der Waals surface area contributed by atoms with Gasteiger partial charge in [-0.25, -0.2) is 0 Å². The van der Waals surface area contributed by atoms with Crippen LogP contribution in [0.4, 0.5) is 5.69 Å². The first-order valence-corrected chi connectivity index (χ1v) is 9.94. The average Bonchev–Trinajstić information content (AvgIpc) is 3.10. The van der Waals surface area contributed by atoms with Crippen LogP contribution in [-0.2, 0) is 16.1 Å². The number of piperidine rings is 1. The van der Waals surface area contributed by atoms with Gasteiger partial charge in [0.05, 0.1) is 5.92 Å². The monoisotopic (exact) mass is 377 g/mol. The van der Waals surface area contributed by atoms with Gasteiger partial charge in [-0.1, -0.05) is 24.3 Å². The second kappa shape index (κ2) is 6.62. The summed E-state index contributed by atoms with van der Waals surface area (Å²) in [5.74, 6) is 0.307. The third kappa shape index (κ3) is 2.84. The van der Waals surface area contributed by atoms with Gasteiger partial charge in [0.2, 0.25) is 11.8 Å². The Morgan fingerprint density at radius 1 is 0.893 bits per heavy atom. The van der Waals surface area contributed by atoms with E-state index in [2.05, 4.69) is 0 Å². The number of hydrogen-bond acceptors (Lipinski definition) is 3. The predicted octanol–water partition coefficient (Wildman–Crippen LogP) is 1.85. The number of nitrogens with zero attached hydrogens (tertiary/aromatic N) is 3. The van der Waals surface area contributed by atoms with Crippen molar-refractivity contribution in [2.24, 2.45) is 11.8 Å². The molecule has 3 unspecified atom stereocenters. The number of aromatic nitrogens is 1. The number of anilines is 1. The van der Waals surface area contributed by atoms with Crippen LogP contribution < -0.4 is 10.5 Å². The van der Waals surface area contributed by atoms with Crippen LogP contribution in [0.5, 0.6) is 0 Å². The zero-order valence-electron chi connectivity index (χ0n) is 15.7. The highest BCUT2D eigenvalue weighted by molar-refractivity contribution is 6.00. The predicted molar refractivity (Wildman–Crippen MR) is 105 cm³/mol. The highest BCUT2D eigenvalue weighted by Crippen LogP contribution is 2.36. The SMILES string of the molecule is O=C(C1CC(=O)N(c2ccccc2)C1)N1CC2CC(C1)c1cccc(=O)n1C2. The van der Waals surface area contributed by atoms with Crippen molar-refractivity contribution in [2.45, 2.75) is 25.3 Å². The zero-order chi connectivity index (χ0) is 19.3. The van der Waals surface area contributed by atoms with Gasteiger partial charge in [-0.05, 0) is 30.5 Å². The van der Waals surface area contributed by atoms with Gasteiger partial charge in [0, 0.05) is 56.0 Å². The number of likely N-dealkylation sites (tertiary alicyclic amines) is 1. The minimum absolute atomic E-state index is 0.0126. The molecule has 2 fully saturated rings. The smallest absolute Gasteiger partial charge is 0.250 e. The molecule has 0 spiro atoms. The fourth-order valence-corrected chi connectivity index (χ4v) is 5.07. The summed E-state index contributed by atoms with van der Waals surface area (Å²) < 4.78 is 1.87. The molecule has 6 heteroatoms. The molecule has 0 N–H and O–H groups in total. The minimum atomic E-state index is -0.288. The average molecular weight is 377 g/mol. The minimum Gasteiger partial charge on any atom is -0.341 e. The van der Waals surface area contributed by atoms with Gasteiger partial charge in [-0.3, -0.25) is 14.4 Å². The molecule has 0 aliphatic carbocycles. The second-order valence-corrected chi connectivity index (χ2v) is 8.18. The Labute approximate surface area is 163 Å². The maximum absolute atomic E-state index is 13.2. The van der Waals surface area contributed by atoms with Crippen LogP contribution in [0.25, 0.3) is 0 Å². The molecule has 3 aliphatic heterocycles. The normalized spacial score (nSPS) is 26.3. The summed E-state index contributed by atoms with van der Waals surface area (Å²) in [5.41, 5.74) is 1.94. The summed E-state index contributed by atoms with van der Waals surface area (Å²) in [6.45, 7) is 2.43. The number of para-hydroxylation sites is 1. The Morgan fingerprint density at radius 2 is 1.71 bits per heavy atom. The van der Waals surface area contributed by atoms with E-state index < -0.39 is 0 Å². The molecule has 4 heterocycles. The number of fused-ring (bicyclic) bond motifs is 4. The van der Waals surface area contributed by atoms with Crippen LogP contribution in [-0.4, -0.2) is 40.9 Å². The number of carbonyl (C=O) groups excluding carboxylic acids is 2. The van der Waals surface area contributed by atoms with Crippen molar-refractivity contribution in [1.82, 2.24) is 9.47 Å². The third-order valence-corrected chi connectivity index (χ3v) is 6.33. The molecule has 2 amide bonds. The zero-order valence-corrected chi connectivity index (χ0v) is 15.7. The summed E-state index contributed by atoms with van der Waals surface area (Å²) in [4.78, 5) is 41.5. The van der Waals surface area contributed by atoms with Crippen molar-refractivity contribution in [3.05, 3.63) is 64.6 Å². The molecular formula is C22H23N3O3. The van der Waals surface area contributed by atoms with Crippen LogP contribution in [0, 0.1) is 11.8 Å². The lowest BCUT2D eigenvalue weighted by Gasteiger charge is -2.43. The second-order valence-electron chi connectivity index (χ2n) is 8.18. The largest absolute Gasteiger partial charge is 0.341 e. The van der Waals surface area contributed by atoms with Gasteiger partial charge < -0.3 is 14.4 Å². The fraction of sp³-hybridized carbons (Fsp3) is 0.409. The topological polar surface area (TPSA) is 62.6 Å². The summed E-state index contributed by atoms with van der Waals surface area (Å²) in [7, 11) is 0. The Morgan fingerprint density at radius 3 is 2.54 bits per heavy atom. The molecule has 1 aromatic heterocycles. The van der Waals surface area contributed by atoms with Gasteiger partial charge in [-0.15, -0.1) is 0 Å². The van der Waals surface area contributed by atoms with E-state index in [1.165, 1.54) is 0 Å². The molecule has 3 atom stereocenters. The van der Waals surface area contributed by atoms with E-state index in [9.17, 15) is 14.4 Å². The quantitative estimate of drug-likeness (QED) is 0.802. The molecule has 0 radical (unpaired) electrons. The molecule has 6 nitrogen and oxygen atoms in total. The van der Waals surface area contributed by atoms with Crippen LogP contribution in [0.15, 0.2) is 53.3 Å². The van der Waals surface area contributed by atoms with Crippen molar-refractivity contribution < 1.29 is 9.59 Å². The molecular weight excluding hydrogens is 354 g/mol. The highest BCUT2D eigenvalue weighted by Gasteiger charge is 2.41. The van der Waals surface area contributed by atoms with E-state index in [0.717, 1.165) is 17.8 Å². The molecule has 1 aromatic carbocycles. The number of amides is 2. The molecule has 2 bridgehead atoms. The first-order chi connectivity index (χ1) is 13.6. The van der Waals surface area contributed by atoms with E-state index >= 15 is 0 Å². The van der Waals surface area contributed by atoms with E-state index in [-0.39, 0.29) is 35.6 Å². The van der Waals surface area contributed by atoms with E-state index in [0.29, 0.717) is 32.1 Å². The maximum atomic E-state index is 13.2. The first kappa shape index (κ1) is 17.2. The van der Waals surface area contributed by atoms with Crippen LogP contribution >= 0.6 is 0 Å².